The van der Waals surface area contributed by atoms with Crippen LogP contribution >= 0.6 is 0 Å². The van der Waals surface area contributed by atoms with Gasteiger partial charge < -0.3 is 19.1 Å². The molecule has 0 spiro atoms. The topological polar surface area (TPSA) is 65.8 Å². The number of amides is 1. The third-order valence-electron chi connectivity index (χ3n) is 4.85. The zero-order valence-corrected chi connectivity index (χ0v) is 18.3. The van der Waals surface area contributed by atoms with Crippen LogP contribution < -0.4 is 4.74 Å². The lowest BCUT2D eigenvalue weighted by atomic mass is 10.2. The van der Waals surface area contributed by atoms with Gasteiger partial charge in [-0.2, -0.15) is 5.10 Å². The summed E-state index contributed by atoms with van der Waals surface area (Å²) in [4.78, 5) is 14.4. The van der Waals surface area contributed by atoms with E-state index in [2.05, 4.69) is 0 Å². The van der Waals surface area contributed by atoms with Gasteiger partial charge in [0.05, 0.1) is 30.1 Å². The van der Waals surface area contributed by atoms with Gasteiger partial charge in [0.1, 0.15) is 12.4 Å². The summed E-state index contributed by atoms with van der Waals surface area (Å²) in [5.74, 6) is 1.19. The lowest BCUT2D eigenvalue weighted by molar-refractivity contribution is -0.136. The highest BCUT2D eigenvalue weighted by Gasteiger charge is 2.24. The molecule has 2 aromatic carbocycles. The molecule has 0 saturated heterocycles. The quantitative estimate of drug-likeness (QED) is 0.469. The predicted molar refractivity (Wildman–Crippen MR) is 119 cm³/mol. The van der Waals surface area contributed by atoms with E-state index >= 15 is 0 Å². The number of carbonyl (C=O) groups excluding carboxylic acids is 1. The second-order valence-corrected chi connectivity index (χ2v) is 6.99. The molecule has 3 aromatic rings. The van der Waals surface area contributed by atoms with Crippen molar-refractivity contribution in [2.45, 2.75) is 19.9 Å². The highest BCUT2D eigenvalue weighted by molar-refractivity contribution is 5.77. The fraction of sp³-hybridized carbons (Fsp3) is 0.333. The van der Waals surface area contributed by atoms with Crippen molar-refractivity contribution >= 4 is 5.91 Å². The zero-order valence-electron chi connectivity index (χ0n) is 18.3. The Hall–Kier alpha value is -3.16. The highest BCUT2D eigenvalue weighted by atomic mass is 16.5. The smallest absolute Gasteiger partial charge is 0.248 e. The number of nitrogens with zero attached hydrogens (tertiary/aromatic N) is 3. The SMILES string of the molecule is CCc1nn(-c2ccccc2)c(Oc2ccccc2)c1CN(CCOC)C(=O)COC. The average Bonchev–Trinajstić information content (AvgIpc) is 3.15. The summed E-state index contributed by atoms with van der Waals surface area (Å²) in [6.07, 6.45) is 0.705. The second-order valence-electron chi connectivity index (χ2n) is 6.99. The molecule has 0 N–H and O–H groups in total. The molecule has 1 heterocycles. The summed E-state index contributed by atoms with van der Waals surface area (Å²) in [6, 6.07) is 19.4. The van der Waals surface area contributed by atoms with Crippen LogP contribution in [-0.4, -0.2) is 54.6 Å². The van der Waals surface area contributed by atoms with Gasteiger partial charge in [0.2, 0.25) is 11.8 Å². The van der Waals surface area contributed by atoms with E-state index in [4.69, 9.17) is 19.3 Å². The first-order valence-corrected chi connectivity index (χ1v) is 10.3. The van der Waals surface area contributed by atoms with E-state index in [1.165, 1.54) is 7.11 Å². The molecule has 0 radical (unpaired) electrons. The summed E-state index contributed by atoms with van der Waals surface area (Å²) >= 11 is 0. The number of ether oxygens (including phenoxy) is 3. The number of hydrogen-bond acceptors (Lipinski definition) is 5. The number of rotatable bonds is 11. The number of aryl methyl sites for hydroxylation is 1. The van der Waals surface area contributed by atoms with Crippen LogP contribution in [0.1, 0.15) is 18.2 Å². The first kappa shape index (κ1) is 22.5. The first-order valence-electron chi connectivity index (χ1n) is 10.3. The Morgan fingerprint density at radius 1 is 1.00 bits per heavy atom. The molecule has 0 atom stereocenters. The van der Waals surface area contributed by atoms with Gasteiger partial charge in [-0.25, -0.2) is 4.68 Å². The normalized spacial score (nSPS) is 10.8. The molecule has 0 unspecified atom stereocenters. The van der Waals surface area contributed by atoms with Gasteiger partial charge in [0, 0.05) is 20.8 Å². The average molecular weight is 424 g/mol. The molecule has 7 heteroatoms. The van der Waals surface area contributed by atoms with Crippen LogP contribution in [-0.2, 0) is 27.2 Å². The van der Waals surface area contributed by atoms with Gasteiger partial charge in [0.15, 0.2) is 0 Å². The maximum Gasteiger partial charge on any atom is 0.248 e. The number of aromatic nitrogens is 2. The zero-order chi connectivity index (χ0) is 22.1. The molecular formula is C24H29N3O4. The minimum Gasteiger partial charge on any atom is -0.439 e. The minimum atomic E-state index is -0.111. The Morgan fingerprint density at radius 2 is 1.68 bits per heavy atom. The summed E-state index contributed by atoms with van der Waals surface area (Å²) in [6.45, 7) is 3.28. The van der Waals surface area contributed by atoms with E-state index in [9.17, 15) is 4.79 Å². The summed E-state index contributed by atoms with van der Waals surface area (Å²) in [5, 5.41) is 4.82. The van der Waals surface area contributed by atoms with Gasteiger partial charge in [-0.1, -0.05) is 43.3 Å². The van der Waals surface area contributed by atoms with Crippen molar-refractivity contribution in [1.82, 2.24) is 14.7 Å². The number of carbonyl (C=O) groups is 1. The van der Waals surface area contributed by atoms with Crippen LogP contribution in [0.5, 0.6) is 11.6 Å². The van der Waals surface area contributed by atoms with E-state index in [1.54, 1.807) is 16.7 Å². The lowest BCUT2D eigenvalue weighted by Crippen LogP contribution is -2.36. The van der Waals surface area contributed by atoms with Crippen LogP contribution in [0, 0.1) is 0 Å². The fourth-order valence-corrected chi connectivity index (χ4v) is 3.27. The van der Waals surface area contributed by atoms with Gasteiger partial charge >= 0.3 is 0 Å². The second kappa shape index (κ2) is 11.3. The van der Waals surface area contributed by atoms with E-state index in [0.717, 1.165) is 16.9 Å². The molecular weight excluding hydrogens is 394 g/mol. The largest absolute Gasteiger partial charge is 0.439 e. The molecule has 0 saturated carbocycles. The number of para-hydroxylation sites is 2. The summed E-state index contributed by atoms with van der Waals surface area (Å²) in [5.41, 5.74) is 2.64. The molecule has 1 amide bonds. The van der Waals surface area contributed by atoms with E-state index in [-0.39, 0.29) is 12.5 Å². The molecule has 0 aliphatic carbocycles. The third-order valence-corrected chi connectivity index (χ3v) is 4.85. The van der Waals surface area contributed by atoms with Gasteiger partial charge in [-0.3, -0.25) is 4.79 Å². The Morgan fingerprint density at radius 3 is 2.29 bits per heavy atom. The molecule has 0 aliphatic rings. The van der Waals surface area contributed by atoms with Crippen molar-refractivity contribution in [3.05, 3.63) is 71.9 Å². The van der Waals surface area contributed by atoms with Gasteiger partial charge in [-0.05, 0) is 30.7 Å². The Balaban J connectivity index is 2.06. The molecule has 0 bridgehead atoms. The molecule has 31 heavy (non-hydrogen) atoms. The maximum atomic E-state index is 12.7. The molecule has 3 rings (SSSR count). The van der Waals surface area contributed by atoms with Crippen LogP contribution in [0.2, 0.25) is 0 Å². The van der Waals surface area contributed by atoms with E-state index in [1.807, 2.05) is 67.6 Å². The van der Waals surface area contributed by atoms with Crippen molar-refractivity contribution in [1.29, 1.82) is 0 Å². The highest BCUT2D eigenvalue weighted by Crippen LogP contribution is 2.32. The van der Waals surface area contributed by atoms with Gasteiger partial charge in [-0.15, -0.1) is 0 Å². The molecule has 7 nitrogen and oxygen atoms in total. The lowest BCUT2D eigenvalue weighted by Gasteiger charge is -2.23. The van der Waals surface area contributed by atoms with Gasteiger partial charge in [0.25, 0.3) is 0 Å². The Labute approximate surface area is 183 Å². The Kier molecular flexibility index (Phi) is 8.20. The van der Waals surface area contributed by atoms with Crippen molar-refractivity contribution in [3.63, 3.8) is 0 Å². The first-order chi connectivity index (χ1) is 15.2. The Bertz CT molecular complexity index is 958. The maximum absolute atomic E-state index is 12.7. The number of methoxy groups -OCH3 is 2. The fourth-order valence-electron chi connectivity index (χ4n) is 3.27. The van der Waals surface area contributed by atoms with E-state index < -0.39 is 0 Å². The minimum absolute atomic E-state index is 0.00682. The predicted octanol–water partition coefficient (Wildman–Crippen LogP) is 3.85. The molecule has 164 valence electrons. The molecule has 0 fully saturated rings. The molecule has 1 aromatic heterocycles. The summed E-state index contributed by atoms with van der Waals surface area (Å²) < 4.78 is 18.4. The number of benzene rings is 2. The molecule has 0 aliphatic heterocycles. The van der Waals surface area contributed by atoms with Crippen molar-refractivity contribution in [3.8, 4) is 17.3 Å². The van der Waals surface area contributed by atoms with Crippen molar-refractivity contribution < 1.29 is 19.0 Å². The van der Waals surface area contributed by atoms with Crippen molar-refractivity contribution in [2.75, 3.05) is 34.0 Å². The van der Waals surface area contributed by atoms with Crippen LogP contribution in [0.4, 0.5) is 0 Å². The standard InChI is InChI=1S/C24H29N3O4/c1-4-22-21(17-26(15-16-29-2)23(28)18-30-3)24(31-20-13-9-6-10-14-20)27(25-22)19-11-7-5-8-12-19/h5-14H,4,15-18H2,1-3H3. The number of hydrogen-bond donors (Lipinski definition) is 0. The van der Waals surface area contributed by atoms with Crippen molar-refractivity contribution in [2.24, 2.45) is 0 Å². The monoisotopic (exact) mass is 423 g/mol. The third kappa shape index (κ3) is 5.71. The van der Waals surface area contributed by atoms with Crippen LogP contribution in [0.3, 0.4) is 0 Å². The van der Waals surface area contributed by atoms with Crippen LogP contribution in [0.25, 0.3) is 5.69 Å². The summed E-state index contributed by atoms with van der Waals surface area (Å²) in [7, 11) is 3.13. The van der Waals surface area contributed by atoms with Crippen LogP contribution in [0.15, 0.2) is 60.7 Å². The van der Waals surface area contributed by atoms with E-state index in [0.29, 0.717) is 37.7 Å².